The van der Waals surface area contributed by atoms with Gasteiger partial charge >= 0.3 is 6.09 Å². The molecule has 148 valence electrons. The van der Waals surface area contributed by atoms with Crippen molar-refractivity contribution in [3.8, 4) is 23.0 Å². The van der Waals surface area contributed by atoms with Gasteiger partial charge in [-0.25, -0.2) is 4.79 Å². The average molecular weight is 395 g/mol. The van der Waals surface area contributed by atoms with Gasteiger partial charge in [0.05, 0.1) is 6.54 Å². The van der Waals surface area contributed by atoms with Gasteiger partial charge in [-0.2, -0.15) is 0 Å². The fraction of sp³-hybridized carbons (Fsp3) is 0.154. The average Bonchev–Trinajstić information content (AvgIpc) is 3.09. The van der Waals surface area contributed by atoms with Gasteiger partial charge in [-0.3, -0.25) is 4.79 Å². The lowest BCUT2D eigenvalue weighted by atomic mass is 9.98. The van der Waals surface area contributed by atoms with Crippen LogP contribution in [0.1, 0.15) is 39.9 Å². The standard InChI is InChI=1S/C26H21NO3/c1-18(28)20-11-3-2-9-19(20)10-8-16-27-26(29)30-17-25-23-14-6-4-12-21(23)22-13-5-7-15-24(22)25/h2-7,9,11-15,25H,16-17H2,1H3,(H,27,29). The van der Waals surface area contributed by atoms with E-state index in [4.69, 9.17) is 4.74 Å². The highest BCUT2D eigenvalue weighted by atomic mass is 16.5. The van der Waals surface area contributed by atoms with E-state index in [1.165, 1.54) is 29.2 Å². The number of nitrogens with one attached hydrogen (secondary N) is 1. The van der Waals surface area contributed by atoms with Crippen LogP contribution in [0.4, 0.5) is 4.79 Å². The van der Waals surface area contributed by atoms with Crippen molar-refractivity contribution in [1.29, 1.82) is 0 Å². The number of amides is 1. The molecule has 0 heterocycles. The molecule has 0 aliphatic heterocycles. The zero-order valence-electron chi connectivity index (χ0n) is 16.6. The molecule has 0 atom stereocenters. The molecule has 0 spiro atoms. The summed E-state index contributed by atoms with van der Waals surface area (Å²) >= 11 is 0. The monoisotopic (exact) mass is 395 g/mol. The molecule has 4 nitrogen and oxygen atoms in total. The Morgan fingerprint density at radius 3 is 2.17 bits per heavy atom. The Morgan fingerprint density at radius 1 is 0.900 bits per heavy atom. The third kappa shape index (κ3) is 3.97. The number of hydrogen-bond acceptors (Lipinski definition) is 3. The first-order chi connectivity index (χ1) is 14.6. The van der Waals surface area contributed by atoms with Gasteiger partial charge < -0.3 is 10.1 Å². The smallest absolute Gasteiger partial charge is 0.407 e. The normalized spacial score (nSPS) is 11.6. The molecule has 3 aromatic carbocycles. The summed E-state index contributed by atoms with van der Waals surface area (Å²) in [5.74, 6) is 5.79. The largest absolute Gasteiger partial charge is 0.449 e. The van der Waals surface area contributed by atoms with Gasteiger partial charge in [0.2, 0.25) is 0 Å². The van der Waals surface area contributed by atoms with Gasteiger partial charge in [0.25, 0.3) is 0 Å². The third-order valence-electron chi connectivity index (χ3n) is 5.19. The molecule has 0 radical (unpaired) electrons. The highest BCUT2D eigenvalue weighted by Gasteiger charge is 2.28. The first kappa shape index (κ1) is 19.5. The van der Waals surface area contributed by atoms with Crippen molar-refractivity contribution in [2.75, 3.05) is 13.2 Å². The fourth-order valence-electron chi connectivity index (χ4n) is 3.80. The summed E-state index contributed by atoms with van der Waals surface area (Å²) < 4.78 is 5.48. The summed E-state index contributed by atoms with van der Waals surface area (Å²) in [4.78, 5) is 23.8. The molecule has 0 saturated heterocycles. The molecule has 1 aliphatic carbocycles. The number of rotatable bonds is 4. The summed E-state index contributed by atoms with van der Waals surface area (Å²) in [5.41, 5.74) is 5.96. The molecule has 0 fully saturated rings. The maximum Gasteiger partial charge on any atom is 0.407 e. The van der Waals surface area contributed by atoms with Gasteiger partial charge in [0.15, 0.2) is 5.78 Å². The topological polar surface area (TPSA) is 55.4 Å². The molecule has 0 saturated carbocycles. The SMILES string of the molecule is CC(=O)c1ccccc1C#CCNC(=O)OCC1c2ccccc2-c2ccccc21. The van der Waals surface area contributed by atoms with Crippen molar-refractivity contribution < 1.29 is 14.3 Å². The minimum absolute atomic E-state index is 0.0247. The van der Waals surface area contributed by atoms with E-state index in [-0.39, 0.29) is 24.9 Å². The number of ketones is 1. The number of benzene rings is 3. The lowest BCUT2D eigenvalue weighted by Crippen LogP contribution is -2.26. The summed E-state index contributed by atoms with van der Waals surface area (Å²) in [6.07, 6.45) is -0.508. The van der Waals surface area contributed by atoms with E-state index >= 15 is 0 Å². The van der Waals surface area contributed by atoms with Crippen molar-refractivity contribution in [2.24, 2.45) is 0 Å². The zero-order valence-corrected chi connectivity index (χ0v) is 16.6. The molecule has 0 bridgehead atoms. The fourth-order valence-corrected chi connectivity index (χ4v) is 3.80. The number of carbonyl (C=O) groups is 2. The van der Waals surface area contributed by atoms with Gasteiger partial charge in [0, 0.05) is 17.0 Å². The Labute approximate surface area is 175 Å². The second kappa shape index (κ2) is 8.67. The minimum Gasteiger partial charge on any atom is -0.449 e. The number of ether oxygens (including phenoxy) is 1. The lowest BCUT2D eigenvalue weighted by molar-refractivity contribution is 0.101. The van der Waals surface area contributed by atoms with Crippen LogP contribution in [0.2, 0.25) is 0 Å². The Morgan fingerprint density at radius 2 is 1.50 bits per heavy atom. The van der Waals surface area contributed by atoms with Crippen LogP contribution in [0.3, 0.4) is 0 Å². The molecule has 30 heavy (non-hydrogen) atoms. The van der Waals surface area contributed by atoms with E-state index in [1.54, 1.807) is 18.2 Å². The van der Waals surface area contributed by atoms with Crippen LogP contribution in [0.5, 0.6) is 0 Å². The quantitative estimate of drug-likeness (QED) is 0.511. The summed E-state index contributed by atoms with van der Waals surface area (Å²) in [6.45, 7) is 1.92. The first-order valence-electron chi connectivity index (χ1n) is 9.83. The Bertz CT molecular complexity index is 1120. The Kier molecular flexibility index (Phi) is 5.63. The molecule has 1 N–H and O–H groups in total. The maximum atomic E-state index is 12.2. The molecule has 3 aromatic rings. The summed E-state index contributed by atoms with van der Waals surface area (Å²) in [6, 6.07) is 23.6. The molecule has 0 unspecified atom stereocenters. The van der Waals surface area contributed by atoms with Crippen molar-refractivity contribution >= 4 is 11.9 Å². The number of carbonyl (C=O) groups excluding carboxylic acids is 2. The molecule has 0 aromatic heterocycles. The number of Topliss-reactive ketones (excluding diaryl/α,β-unsaturated/α-hetero) is 1. The van der Waals surface area contributed by atoms with E-state index < -0.39 is 6.09 Å². The Hall–Kier alpha value is -3.84. The molecular weight excluding hydrogens is 374 g/mol. The zero-order chi connectivity index (χ0) is 20.9. The molecule has 1 amide bonds. The van der Waals surface area contributed by atoms with Gasteiger partial charge in [0.1, 0.15) is 6.61 Å². The predicted molar refractivity (Wildman–Crippen MR) is 116 cm³/mol. The number of hydrogen-bond donors (Lipinski definition) is 1. The van der Waals surface area contributed by atoms with Crippen LogP contribution in [0, 0.1) is 11.8 Å². The van der Waals surface area contributed by atoms with E-state index in [1.807, 2.05) is 30.3 Å². The molecule has 4 heteroatoms. The van der Waals surface area contributed by atoms with E-state index in [2.05, 4.69) is 41.4 Å². The molecular formula is C26H21NO3. The lowest BCUT2D eigenvalue weighted by Gasteiger charge is -2.14. The van der Waals surface area contributed by atoms with Gasteiger partial charge in [-0.05, 0) is 35.2 Å². The number of alkyl carbamates (subject to hydrolysis) is 1. The first-order valence-corrected chi connectivity index (χ1v) is 9.83. The summed E-state index contributed by atoms with van der Waals surface area (Å²) in [5, 5.41) is 2.65. The highest BCUT2D eigenvalue weighted by molar-refractivity contribution is 5.96. The van der Waals surface area contributed by atoms with Crippen LogP contribution < -0.4 is 5.32 Å². The summed E-state index contributed by atoms with van der Waals surface area (Å²) in [7, 11) is 0. The van der Waals surface area contributed by atoms with Gasteiger partial charge in [-0.15, -0.1) is 0 Å². The van der Waals surface area contributed by atoms with E-state index in [9.17, 15) is 9.59 Å². The van der Waals surface area contributed by atoms with Crippen LogP contribution in [0.25, 0.3) is 11.1 Å². The van der Waals surface area contributed by atoms with Crippen molar-refractivity contribution in [3.05, 3.63) is 95.1 Å². The van der Waals surface area contributed by atoms with Crippen LogP contribution in [-0.4, -0.2) is 25.0 Å². The third-order valence-corrected chi connectivity index (χ3v) is 5.19. The predicted octanol–water partition coefficient (Wildman–Crippen LogP) is 4.78. The Balaban J connectivity index is 1.36. The van der Waals surface area contributed by atoms with Crippen LogP contribution in [0.15, 0.2) is 72.8 Å². The van der Waals surface area contributed by atoms with Crippen molar-refractivity contribution in [1.82, 2.24) is 5.32 Å². The highest BCUT2D eigenvalue weighted by Crippen LogP contribution is 2.44. The molecule has 1 aliphatic rings. The van der Waals surface area contributed by atoms with E-state index in [0.717, 1.165) is 0 Å². The van der Waals surface area contributed by atoms with Crippen LogP contribution >= 0.6 is 0 Å². The van der Waals surface area contributed by atoms with Crippen LogP contribution in [-0.2, 0) is 4.74 Å². The minimum atomic E-state index is -0.508. The second-order valence-electron chi connectivity index (χ2n) is 7.08. The second-order valence-corrected chi connectivity index (χ2v) is 7.08. The van der Waals surface area contributed by atoms with Crippen molar-refractivity contribution in [2.45, 2.75) is 12.8 Å². The molecule has 4 rings (SSSR count). The van der Waals surface area contributed by atoms with Crippen molar-refractivity contribution in [3.63, 3.8) is 0 Å². The number of fused-ring (bicyclic) bond motifs is 3. The maximum absolute atomic E-state index is 12.2. The van der Waals surface area contributed by atoms with E-state index in [0.29, 0.717) is 11.1 Å². The van der Waals surface area contributed by atoms with Gasteiger partial charge in [-0.1, -0.05) is 78.6 Å².